The zero-order chi connectivity index (χ0) is 25.0. The fourth-order valence-electron chi connectivity index (χ4n) is 4.76. The van der Waals surface area contributed by atoms with Crippen LogP contribution in [0.5, 0.6) is 5.75 Å². The molecule has 2 aliphatic heterocycles. The van der Waals surface area contributed by atoms with Gasteiger partial charge in [0, 0.05) is 43.8 Å². The maximum atomic E-state index is 13.4. The van der Waals surface area contributed by atoms with Crippen LogP contribution in [0, 0.1) is 17.8 Å². The van der Waals surface area contributed by atoms with Crippen LogP contribution < -0.4 is 10.5 Å². The summed E-state index contributed by atoms with van der Waals surface area (Å²) in [5.41, 5.74) is 10.5. The molecule has 2 aromatic carbocycles. The van der Waals surface area contributed by atoms with Crippen LogP contribution >= 0.6 is 0 Å². The van der Waals surface area contributed by atoms with Crippen molar-refractivity contribution >= 4 is 34.2 Å². The Balaban J connectivity index is 1.22. The highest BCUT2D eigenvalue weighted by molar-refractivity contribution is 5.98. The molecule has 6 rings (SSSR count). The van der Waals surface area contributed by atoms with E-state index in [-0.39, 0.29) is 23.8 Å². The lowest BCUT2D eigenvalue weighted by atomic mass is 9.99. The Morgan fingerprint density at radius 3 is 2.81 bits per heavy atom. The highest BCUT2D eigenvalue weighted by atomic mass is 16.5. The Bertz CT molecular complexity index is 1610. The molecule has 9 heteroatoms. The SMILES string of the molecule is CC(=O)N1CC(C#Cc2ccc3c(c2)OCC3N(C)C(=O)c2ccc3nc(N)c4cncn4c3c2)C1. The van der Waals surface area contributed by atoms with Crippen molar-refractivity contribution in [2.75, 3.05) is 32.5 Å². The second-order valence-electron chi connectivity index (χ2n) is 9.24. The fourth-order valence-corrected chi connectivity index (χ4v) is 4.76. The zero-order valence-corrected chi connectivity index (χ0v) is 19.9. The molecule has 0 radical (unpaired) electrons. The summed E-state index contributed by atoms with van der Waals surface area (Å²) in [4.78, 5) is 36.8. The molecule has 0 aliphatic carbocycles. The summed E-state index contributed by atoms with van der Waals surface area (Å²) in [6.07, 6.45) is 3.32. The van der Waals surface area contributed by atoms with Crippen molar-refractivity contribution in [2.45, 2.75) is 13.0 Å². The fraction of sp³-hybridized carbons (Fsp3) is 0.259. The van der Waals surface area contributed by atoms with Crippen molar-refractivity contribution in [3.05, 3.63) is 65.6 Å². The lowest BCUT2D eigenvalue weighted by Crippen LogP contribution is -2.48. The van der Waals surface area contributed by atoms with Gasteiger partial charge >= 0.3 is 0 Å². The number of aromatic nitrogens is 3. The van der Waals surface area contributed by atoms with Crippen molar-refractivity contribution < 1.29 is 14.3 Å². The van der Waals surface area contributed by atoms with E-state index in [0.29, 0.717) is 42.1 Å². The van der Waals surface area contributed by atoms with Crippen molar-refractivity contribution in [2.24, 2.45) is 5.92 Å². The van der Waals surface area contributed by atoms with Crippen LogP contribution in [-0.2, 0) is 4.79 Å². The number of carbonyl (C=O) groups is 2. The number of imidazole rings is 1. The van der Waals surface area contributed by atoms with Crippen molar-refractivity contribution in [3.8, 4) is 17.6 Å². The van der Waals surface area contributed by atoms with Crippen molar-refractivity contribution in [1.29, 1.82) is 0 Å². The quantitative estimate of drug-likeness (QED) is 0.442. The molecule has 36 heavy (non-hydrogen) atoms. The van der Waals surface area contributed by atoms with E-state index in [9.17, 15) is 9.59 Å². The van der Waals surface area contributed by atoms with Gasteiger partial charge in [-0.05, 0) is 30.3 Å². The summed E-state index contributed by atoms with van der Waals surface area (Å²) in [6.45, 7) is 3.32. The minimum Gasteiger partial charge on any atom is -0.491 e. The van der Waals surface area contributed by atoms with Crippen molar-refractivity contribution in [3.63, 3.8) is 0 Å². The van der Waals surface area contributed by atoms with Gasteiger partial charge in [0.15, 0.2) is 0 Å². The Labute approximate surface area is 207 Å². The maximum absolute atomic E-state index is 13.4. The minimum atomic E-state index is -0.209. The van der Waals surface area contributed by atoms with E-state index < -0.39 is 0 Å². The average molecular weight is 481 g/mol. The molecule has 180 valence electrons. The summed E-state index contributed by atoms with van der Waals surface area (Å²) < 4.78 is 7.77. The standard InChI is InChI=1S/C27H24N6O3/c1-16(34)32-12-18(13-32)4-3-17-5-7-20-24(14-36-25(20)9-17)31(2)27(35)19-6-8-21-22(10-19)33-15-29-11-23(33)26(28)30-21/h5-11,15,18,24H,12-14H2,1-2H3,(H2,28,30). The number of nitrogens with two attached hydrogens (primary N) is 1. The first-order valence-electron chi connectivity index (χ1n) is 11.7. The van der Waals surface area contributed by atoms with Crippen LogP contribution in [0.1, 0.15) is 34.5 Å². The van der Waals surface area contributed by atoms with Crippen LogP contribution in [0.25, 0.3) is 16.6 Å². The predicted molar refractivity (Wildman–Crippen MR) is 134 cm³/mol. The van der Waals surface area contributed by atoms with Gasteiger partial charge < -0.3 is 20.3 Å². The topological polar surface area (TPSA) is 106 Å². The van der Waals surface area contributed by atoms with Gasteiger partial charge in [0.2, 0.25) is 5.91 Å². The van der Waals surface area contributed by atoms with Gasteiger partial charge in [-0.3, -0.25) is 14.0 Å². The monoisotopic (exact) mass is 480 g/mol. The average Bonchev–Trinajstić information content (AvgIpc) is 3.50. The lowest BCUT2D eigenvalue weighted by molar-refractivity contribution is -0.133. The summed E-state index contributed by atoms with van der Waals surface area (Å²) in [5.74, 6) is 7.73. The molecule has 1 saturated heterocycles. The summed E-state index contributed by atoms with van der Waals surface area (Å²) >= 11 is 0. The number of amides is 2. The number of benzene rings is 2. The van der Waals surface area contributed by atoms with Crippen molar-refractivity contribution in [1.82, 2.24) is 24.2 Å². The first kappa shape index (κ1) is 21.9. The largest absolute Gasteiger partial charge is 0.491 e. The molecule has 2 aromatic heterocycles. The number of hydrogen-bond donors (Lipinski definition) is 1. The molecule has 0 saturated carbocycles. The highest BCUT2D eigenvalue weighted by Crippen LogP contribution is 2.37. The van der Waals surface area contributed by atoms with Crippen LogP contribution in [0.3, 0.4) is 0 Å². The van der Waals surface area contributed by atoms with Gasteiger partial charge in [-0.25, -0.2) is 9.97 Å². The molecule has 2 amide bonds. The molecule has 1 atom stereocenters. The number of likely N-dealkylation sites (N-methyl/N-ethyl adjacent to an activating group) is 1. The van der Waals surface area contributed by atoms with Gasteiger partial charge in [0.1, 0.15) is 23.7 Å². The summed E-state index contributed by atoms with van der Waals surface area (Å²) in [6, 6.07) is 11.0. The Hall–Kier alpha value is -4.58. The third-order valence-electron chi connectivity index (χ3n) is 6.93. The van der Waals surface area contributed by atoms with Gasteiger partial charge in [-0.15, -0.1) is 0 Å². The van der Waals surface area contributed by atoms with Crippen LogP contribution in [0.2, 0.25) is 0 Å². The number of carbonyl (C=O) groups excluding carboxylic acids is 2. The summed E-state index contributed by atoms with van der Waals surface area (Å²) in [5, 5.41) is 0. The van der Waals surface area contributed by atoms with Crippen LogP contribution in [-0.4, -0.2) is 62.7 Å². The van der Waals surface area contributed by atoms with E-state index in [1.165, 1.54) is 0 Å². The Kier molecular flexibility index (Phi) is 5.04. The lowest BCUT2D eigenvalue weighted by Gasteiger charge is -2.35. The molecule has 9 nitrogen and oxygen atoms in total. The zero-order valence-electron chi connectivity index (χ0n) is 19.9. The molecule has 2 N–H and O–H groups in total. The van der Waals surface area contributed by atoms with Gasteiger partial charge in [0.05, 0.1) is 35.5 Å². The number of hydrogen-bond acceptors (Lipinski definition) is 6. The van der Waals surface area contributed by atoms with Crippen LogP contribution in [0.4, 0.5) is 5.82 Å². The molecule has 0 spiro atoms. The van der Waals surface area contributed by atoms with E-state index >= 15 is 0 Å². The Morgan fingerprint density at radius 2 is 2.00 bits per heavy atom. The number of anilines is 1. The molecule has 1 fully saturated rings. The second kappa shape index (κ2) is 8.27. The minimum absolute atomic E-state index is 0.0868. The third kappa shape index (κ3) is 3.58. The first-order valence-corrected chi connectivity index (χ1v) is 11.7. The van der Waals surface area contributed by atoms with Gasteiger partial charge in [-0.2, -0.15) is 0 Å². The molecule has 2 aliphatic rings. The number of nitrogen functional groups attached to an aromatic ring is 1. The van der Waals surface area contributed by atoms with Gasteiger partial charge in [0.25, 0.3) is 5.91 Å². The summed E-state index contributed by atoms with van der Waals surface area (Å²) in [7, 11) is 1.79. The number of ether oxygens (including phenoxy) is 1. The van der Waals surface area contributed by atoms with E-state index in [2.05, 4.69) is 21.8 Å². The normalized spacial score (nSPS) is 16.7. The molecule has 4 heterocycles. The van der Waals surface area contributed by atoms with E-state index in [1.54, 1.807) is 48.4 Å². The molecular weight excluding hydrogens is 456 g/mol. The number of fused-ring (bicyclic) bond motifs is 4. The third-order valence-corrected chi connectivity index (χ3v) is 6.93. The second-order valence-corrected chi connectivity index (χ2v) is 9.24. The van der Waals surface area contributed by atoms with E-state index in [0.717, 1.165) is 22.4 Å². The maximum Gasteiger partial charge on any atom is 0.254 e. The molecule has 0 bridgehead atoms. The highest BCUT2D eigenvalue weighted by Gasteiger charge is 2.31. The molecule has 4 aromatic rings. The number of likely N-dealkylation sites (tertiary alicyclic amines) is 1. The molecular formula is C27H24N6O3. The predicted octanol–water partition coefficient (Wildman–Crippen LogP) is 2.50. The number of nitrogens with zero attached hydrogens (tertiary/aromatic N) is 5. The van der Waals surface area contributed by atoms with E-state index in [1.807, 2.05) is 28.7 Å². The van der Waals surface area contributed by atoms with Gasteiger partial charge in [-0.1, -0.05) is 17.9 Å². The first-order chi connectivity index (χ1) is 17.4. The molecule has 1 unspecified atom stereocenters. The smallest absolute Gasteiger partial charge is 0.254 e. The van der Waals surface area contributed by atoms with E-state index in [4.69, 9.17) is 10.5 Å². The Morgan fingerprint density at radius 1 is 1.17 bits per heavy atom. The van der Waals surface area contributed by atoms with Crippen LogP contribution in [0.15, 0.2) is 48.9 Å². The number of rotatable bonds is 2.